The molecule has 3 nitrogen and oxygen atoms in total. The normalized spacial score (nSPS) is 35.5. The first-order valence-electron chi connectivity index (χ1n) is 7.47. The molecule has 0 spiro atoms. The van der Waals surface area contributed by atoms with Crippen molar-refractivity contribution in [3.63, 3.8) is 0 Å². The van der Waals surface area contributed by atoms with Crippen LogP contribution in [-0.4, -0.2) is 12.9 Å². The monoisotopic (exact) mass is 280 g/mol. The third-order valence-corrected chi connectivity index (χ3v) is 5.96. The van der Waals surface area contributed by atoms with E-state index in [1.807, 2.05) is 6.07 Å². The van der Waals surface area contributed by atoms with Crippen LogP contribution in [0, 0.1) is 17.3 Å². The molecule has 0 unspecified atom stereocenters. The molecule has 0 amide bonds. The van der Waals surface area contributed by atoms with Crippen molar-refractivity contribution in [2.45, 2.75) is 19.3 Å². The number of hydrogen-bond acceptors (Lipinski definition) is 3. The highest BCUT2D eigenvalue weighted by Gasteiger charge is 2.63. The highest BCUT2D eigenvalue weighted by molar-refractivity contribution is 6.12. The summed E-state index contributed by atoms with van der Waals surface area (Å²) < 4.78 is 11.2. The molecule has 3 aliphatic rings. The van der Waals surface area contributed by atoms with Crippen molar-refractivity contribution in [2.75, 3.05) is 7.11 Å². The van der Waals surface area contributed by atoms with Crippen molar-refractivity contribution < 1.29 is 13.9 Å². The number of carbonyl (C=O) groups excluding carboxylic acids is 1. The Morgan fingerprint density at radius 2 is 2.24 bits per heavy atom. The minimum atomic E-state index is -0.298. The minimum Gasteiger partial charge on any atom is -0.495 e. The second kappa shape index (κ2) is 3.41. The Bertz CT molecular complexity index is 828. The summed E-state index contributed by atoms with van der Waals surface area (Å²) in [4.78, 5) is 13.2. The SMILES string of the molecule is COc1c2c(cc3occc13)[C@H]1[C@H]3C=C[C@H](C3)[C@@]1(C)C2=O. The van der Waals surface area contributed by atoms with E-state index in [1.54, 1.807) is 13.4 Å². The molecule has 4 atom stereocenters. The number of ether oxygens (including phenoxy) is 1. The number of allylic oxidation sites excluding steroid dienone is 2. The molecule has 0 aliphatic heterocycles. The van der Waals surface area contributed by atoms with Crippen LogP contribution in [-0.2, 0) is 0 Å². The quantitative estimate of drug-likeness (QED) is 0.743. The molecule has 1 fully saturated rings. The van der Waals surface area contributed by atoms with E-state index in [0.717, 1.165) is 28.5 Å². The summed E-state index contributed by atoms with van der Waals surface area (Å²) in [5.74, 6) is 2.06. The largest absolute Gasteiger partial charge is 0.495 e. The van der Waals surface area contributed by atoms with Crippen LogP contribution >= 0.6 is 0 Å². The van der Waals surface area contributed by atoms with Gasteiger partial charge in [-0.1, -0.05) is 19.1 Å². The number of benzene rings is 1. The summed E-state index contributed by atoms with van der Waals surface area (Å²) in [5, 5.41) is 0.897. The standard InChI is InChI=1S/C18H16O3/c1-18-10-4-3-9(7-10)15(18)12-8-13-11(5-6-21-13)16(20-2)14(12)17(18)19/h3-6,8-10,15H,7H2,1-2H3/t9-,10+,15+,18+/m0/s1. The number of ketones is 1. The fourth-order valence-electron chi connectivity index (χ4n) is 5.02. The molecule has 0 saturated heterocycles. The molecule has 2 aromatic rings. The Hall–Kier alpha value is -2.03. The Kier molecular flexibility index (Phi) is 1.88. The number of furan rings is 1. The molecule has 1 aromatic heterocycles. The first-order valence-corrected chi connectivity index (χ1v) is 7.47. The number of Topliss-reactive ketones (excluding diaryl/α,β-unsaturated/α-hetero) is 1. The topological polar surface area (TPSA) is 39.4 Å². The van der Waals surface area contributed by atoms with E-state index in [2.05, 4.69) is 25.1 Å². The van der Waals surface area contributed by atoms with Crippen molar-refractivity contribution in [1.82, 2.24) is 0 Å². The van der Waals surface area contributed by atoms with Crippen LogP contribution in [0.4, 0.5) is 0 Å². The van der Waals surface area contributed by atoms with Gasteiger partial charge in [0.15, 0.2) is 5.78 Å². The Balaban J connectivity index is 1.88. The second-order valence-corrected chi connectivity index (χ2v) is 6.69. The molecule has 3 heteroatoms. The van der Waals surface area contributed by atoms with E-state index in [-0.39, 0.29) is 17.1 Å². The molecule has 21 heavy (non-hydrogen) atoms. The first-order chi connectivity index (χ1) is 10.2. The van der Waals surface area contributed by atoms with E-state index in [1.165, 1.54) is 0 Å². The van der Waals surface area contributed by atoms with Gasteiger partial charge in [0.25, 0.3) is 0 Å². The van der Waals surface area contributed by atoms with Crippen LogP contribution in [0.3, 0.4) is 0 Å². The Morgan fingerprint density at radius 1 is 1.38 bits per heavy atom. The predicted octanol–water partition coefficient (Wildman–Crippen LogP) is 3.93. The van der Waals surface area contributed by atoms with E-state index in [0.29, 0.717) is 17.6 Å². The minimum absolute atomic E-state index is 0.249. The number of carbonyl (C=O) groups is 1. The summed E-state index contributed by atoms with van der Waals surface area (Å²) in [5.41, 5.74) is 2.43. The maximum Gasteiger partial charge on any atom is 0.173 e. The fourth-order valence-corrected chi connectivity index (χ4v) is 5.02. The molecule has 3 aliphatic carbocycles. The summed E-state index contributed by atoms with van der Waals surface area (Å²) in [6.45, 7) is 2.13. The van der Waals surface area contributed by atoms with Crippen LogP contribution in [0.15, 0.2) is 35.0 Å². The summed E-state index contributed by atoms with van der Waals surface area (Å²) in [6, 6.07) is 3.95. The lowest BCUT2D eigenvalue weighted by Crippen LogP contribution is -2.32. The van der Waals surface area contributed by atoms with Crippen LogP contribution < -0.4 is 4.74 Å². The number of methoxy groups -OCH3 is 1. The average Bonchev–Trinajstić information content (AvgIpc) is 3.20. The van der Waals surface area contributed by atoms with E-state index in [9.17, 15) is 4.79 Å². The van der Waals surface area contributed by atoms with Crippen LogP contribution in [0.25, 0.3) is 11.0 Å². The van der Waals surface area contributed by atoms with Crippen LogP contribution in [0.1, 0.15) is 35.2 Å². The number of rotatable bonds is 1. The smallest absolute Gasteiger partial charge is 0.173 e. The summed E-state index contributed by atoms with van der Waals surface area (Å²) in [7, 11) is 1.64. The summed E-state index contributed by atoms with van der Waals surface area (Å²) in [6.07, 6.45) is 7.29. The van der Waals surface area contributed by atoms with Gasteiger partial charge in [0, 0.05) is 11.3 Å². The van der Waals surface area contributed by atoms with Gasteiger partial charge >= 0.3 is 0 Å². The third kappa shape index (κ3) is 1.09. The zero-order valence-electron chi connectivity index (χ0n) is 12.1. The highest BCUT2D eigenvalue weighted by Crippen LogP contribution is 2.67. The lowest BCUT2D eigenvalue weighted by molar-refractivity contribution is 0.0779. The van der Waals surface area contributed by atoms with Gasteiger partial charge in [-0.15, -0.1) is 0 Å². The number of hydrogen-bond donors (Lipinski definition) is 0. The molecular formula is C18H16O3. The van der Waals surface area contributed by atoms with Crippen molar-refractivity contribution in [3.05, 3.63) is 41.7 Å². The molecule has 106 valence electrons. The zero-order valence-corrected chi connectivity index (χ0v) is 12.1. The van der Waals surface area contributed by atoms with Gasteiger partial charge in [0.05, 0.1) is 24.3 Å². The van der Waals surface area contributed by atoms with Crippen LogP contribution in [0.2, 0.25) is 0 Å². The third-order valence-electron chi connectivity index (χ3n) is 5.96. The number of fused-ring (bicyclic) bond motifs is 8. The van der Waals surface area contributed by atoms with Crippen molar-refractivity contribution in [3.8, 4) is 5.75 Å². The maximum absolute atomic E-state index is 13.2. The van der Waals surface area contributed by atoms with Gasteiger partial charge in [-0.2, -0.15) is 0 Å². The molecule has 2 bridgehead atoms. The average molecular weight is 280 g/mol. The Labute approximate surface area is 122 Å². The van der Waals surface area contributed by atoms with Gasteiger partial charge in [0.2, 0.25) is 0 Å². The molecule has 1 heterocycles. The highest BCUT2D eigenvalue weighted by atomic mass is 16.5. The first kappa shape index (κ1) is 11.6. The van der Waals surface area contributed by atoms with E-state index >= 15 is 0 Å². The fraction of sp³-hybridized carbons (Fsp3) is 0.389. The molecule has 0 N–H and O–H groups in total. The van der Waals surface area contributed by atoms with Gasteiger partial charge in [-0.05, 0) is 36.0 Å². The van der Waals surface area contributed by atoms with Crippen molar-refractivity contribution in [2.24, 2.45) is 17.3 Å². The second-order valence-electron chi connectivity index (χ2n) is 6.69. The van der Waals surface area contributed by atoms with Gasteiger partial charge in [0.1, 0.15) is 11.3 Å². The summed E-state index contributed by atoms with van der Waals surface area (Å²) >= 11 is 0. The van der Waals surface area contributed by atoms with Gasteiger partial charge < -0.3 is 9.15 Å². The van der Waals surface area contributed by atoms with Gasteiger partial charge in [-0.25, -0.2) is 0 Å². The lowest BCUT2D eigenvalue weighted by atomic mass is 9.70. The molecular weight excluding hydrogens is 264 g/mol. The molecule has 0 radical (unpaired) electrons. The van der Waals surface area contributed by atoms with E-state index < -0.39 is 0 Å². The predicted molar refractivity (Wildman–Crippen MR) is 78.7 cm³/mol. The lowest BCUT2D eigenvalue weighted by Gasteiger charge is -2.31. The molecule has 5 rings (SSSR count). The van der Waals surface area contributed by atoms with Crippen LogP contribution in [0.5, 0.6) is 5.75 Å². The van der Waals surface area contributed by atoms with E-state index in [4.69, 9.17) is 9.15 Å². The Morgan fingerprint density at radius 3 is 3.05 bits per heavy atom. The maximum atomic E-state index is 13.2. The van der Waals surface area contributed by atoms with Crippen molar-refractivity contribution in [1.29, 1.82) is 0 Å². The van der Waals surface area contributed by atoms with Crippen molar-refractivity contribution >= 4 is 16.8 Å². The zero-order chi connectivity index (χ0) is 14.4. The van der Waals surface area contributed by atoms with Gasteiger partial charge in [-0.3, -0.25) is 4.79 Å². The molecule has 1 aromatic carbocycles. The molecule has 1 saturated carbocycles.